The predicted molar refractivity (Wildman–Crippen MR) is 64.3 cm³/mol. The number of ether oxygens (including phenoxy) is 1. The monoisotopic (exact) mass is 225 g/mol. The molecule has 0 aromatic heterocycles. The van der Waals surface area contributed by atoms with Crippen LogP contribution in [0.5, 0.6) is 0 Å². The van der Waals surface area contributed by atoms with Gasteiger partial charge >= 0.3 is 0 Å². The molecule has 0 radical (unpaired) electrons. The van der Waals surface area contributed by atoms with Crippen molar-refractivity contribution in [1.82, 2.24) is 5.32 Å². The minimum atomic E-state index is -0.235. The first kappa shape index (κ1) is 12.1. The van der Waals surface area contributed by atoms with Gasteiger partial charge in [0.15, 0.2) is 0 Å². The summed E-state index contributed by atoms with van der Waals surface area (Å²) in [5, 5.41) is 13.3. The number of aliphatic hydroxyl groups is 1. The second kappa shape index (κ2) is 6.38. The van der Waals surface area contributed by atoms with E-state index in [0.29, 0.717) is 12.5 Å². The van der Waals surface area contributed by atoms with Crippen LogP contribution >= 0.6 is 0 Å². The Kier molecular flexibility index (Phi) is 4.82. The number of hydrogen-bond donors (Lipinski definition) is 2. The molecule has 1 heterocycles. The summed E-state index contributed by atoms with van der Waals surface area (Å²) in [7, 11) is 0. The molecule has 0 spiro atoms. The Balaban J connectivity index is 1.58. The van der Waals surface area contributed by atoms with Gasteiger partial charge in [-0.3, -0.25) is 0 Å². The van der Waals surface area contributed by atoms with Crippen LogP contribution in [0.3, 0.4) is 0 Å². The molecule has 3 atom stereocenters. The van der Waals surface area contributed by atoms with E-state index < -0.39 is 0 Å². The van der Waals surface area contributed by atoms with Crippen LogP contribution < -0.4 is 5.32 Å². The molecule has 2 N–H and O–H groups in total. The largest absolute Gasteiger partial charge is 0.391 e. The van der Waals surface area contributed by atoms with Gasteiger partial charge in [0.05, 0.1) is 12.7 Å². The molecule has 1 aliphatic carbocycles. The molecule has 0 bridgehead atoms. The normalized spacial score (nSPS) is 31.8. The van der Waals surface area contributed by atoms with Crippen molar-refractivity contribution in [2.24, 2.45) is 11.8 Å². The maximum absolute atomic E-state index is 9.92. The molecule has 1 saturated heterocycles. The average molecular weight is 225 g/mol. The van der Waals surface area contributed by atoms with Gasteiger partial charge in [0.25, 0.3) is 0 Å². The molecular weight excluding hydrogens is 202 g/mol. The minimum Gasteiger partial charge on any atom is -0.391 e. The lowest BCUT2D eigenvalue weighted by Crippen LogP contribution is -2.35. The summed E-state index contributed by atoms with van der Waals surface area (Å²) >= 11 is 0. The maximum atomic E-state index is 9.92. The third-order valence-electron chi connectivity index (χ3n) is 3.67. The Bertz CT molecular complexity index is 224. The molecule has 92 valence electrons. The molecular formula is C13H23NO2. The van der Waals surface area contributed by atoms with E-state index in [4.69, 9.17) is 4.74 Å². The van der Waals surface area contributed by atoms with Crippen LogP contribution in [0.15, 0.2) is 12.2 Å². The van der Waals surface area contributed by atoms with E-state index in [1.165, 1.54) is 19.3 Å². The van der Waals surface area contributed by atoms with Crippen molar-refractivity contribution >= 4 is 0 Å². The van der Waals surface area contributed by atoms with Gasteiger partial charge in [0.1, 0.15) is 0 Å². The van der Waals surface area contributed by atoms with Gasteiger partial charge in [-0.05, 0) is 38.1 Å². The second-order valence-corrected chi connectivity index (χ2v) is 5.00. The smallest absolute Gasteiger partial charge is 0.0715 e. The predicted octanol–water partition coefficient (Wildman–Crippen LogP) is 1.33. The Labute approximate surface area is 97.9 Å². The van der Waals surface area contributed by atoms with Crippen molar-refractivity contribution in [2.75, 3.05) is 26.3 Å². The van der Waals surface area contributed by atoms with Crippen molar-refractivity contribution < 1.29 is 9.84 Å². The number of aliphatic hydroxyl groups excluding tert-OH is 1. The molecule has 1 aliphatic heterocycles. The summed E-state index contributed by atoms with van der Waals surface area (Å²) in [6, 6.07) is 0. The lowest BCUT2D eigenvalue weighted by Gasteiger charge is -2.21. The zero-order valence-electron chi connectivity index (χ0n) is 9.90. The van der Waals surface area contributed by atoms with Crippen LogP contribution in [0.4, 0.5) is 0 Å². The minimum absolute atomic E-state index is 0.235. The second-order valence-electron chi connectivity index (χ2n) is 5.00. The highest BCUT2D eigenvalue weighted by Crippen LogP contribution is 2.18. The van der Waals surface area contributed by atoms with Crippen LogP contribution in [-0.2, 0) is 4.74 Å². The Hall–Kier alpha value is -0.380. The van der Waals surface area contributed by atoms with E-state index in [1.807, 2.05) is 0 Å². The molecule has 3 heteroatoms. The van der Waals surface area contributed by atoms with Crippen molar-refractivity contribution in [3.63, 3.8) is 0 Å². The third kappa shape index (κ3) is 3.58. The van der Waals surface area contributed by atoms with Crippen molar-refractivity contribution in [1.29, 1.82) is 0 Å². The van der Waals surface area contributed by atoms with Crippen LogP contribution in [0.2, 0.25) is 0 Å². The lowest BCUT2D eigenvalue weighted by molar-refractivity contribution is 0.0899. The molecule has 16 heavy (non-hydrogen) atoms. The van der Waals surface area contributed by atoms with Gasteiger partial charge in [0, 0.05) is 19.1 Å². The molecule has 0 aromatic rings. The maximum Gasteiger partial charge on any atom is 0.0715 e. The van der Waals surface area contributed by atoms with Crippen LogP contribution in [-0.4, -0.2) is 37.5 Å². The van der Waals surface area contributed by atoms with Gasteiger partial charge in [0.2, 0.25) is 0 Å². The molecule has 1 fully saturated rings. The van der Waals surface area contributed by atoms with E-state index in [9.17, 15) is 5.11 Å². The molecule has 2 aliphatic rings. The van der Waals surface area contributed by atoms with E-state index >= 15 is 0 Å². The van der Waals surface area contributed by atoms with Crippen LogP contribution in [0.1, 0.15) is 25.7 Å². The van der Waals surface area contributed by atoms with Gasteiger partial charge < -0.3 is 15.2 Å². The first-order chi connectivity index (χ1) is 7.86. The van der Waals surface area contributed by atoms with Crippen molar-refractivity contribution in [3.8, 4) is 0 Å². The van der Waals surface area contributed by atoms with Crippen molar-refractivity contribution in [2.45, 2.75) is 31.8 Å². The van der Waals surface area contributed by atoms with E-state index in [2.05, 4.69) is 17.5 Å². The quantitative estimate of drug-likeness (QED) is 0.694. The summed E-state index contributed by atoms with van der Waals surface area (Å²) in [4.78, 5) is 0. The van der Waals surface area contributed by atoms with Gasteiger partial charge in [-0.1, -0.05) is 12.2 Å². The molecule has 0 amide bonds. The van der Waals surface area contributed by atoms with Crippen LogP contribution in [0.25, 0.3) is 0 Å². The van der Waals surface area contributed by atoms with Crippen molar-refractivity contribution in [3.05, 3.63) is 12.2 Å². The number of allylic oxidation sites excluding steroid dienone is 2. The third-order valence-corrected chi connectivity index (χ3v) is 3.67. The Morgan fingerprint density at radius 1 is 1.38 bits per heavy atom. The molecule has 3 unspecified atom stereocenters. The van der Waals surface area contributed by atoms with E-state index in [-0.39, 0.29) is 6.10 Å². The average Bonchev–Trinajstić information content (AvgIpc) is 2.84. The first-order valence-electron chi connectivity index (χ1n) is 6.48. The highest BCUT2D eigenvalue weighted by atomic mass is 16.5. The fraction of sp³-hybridized carbons (Fsp3) is 0.846. The zero-order valence-corrected chi connectivity index (χ0v) is 9.90. The number of rotatable bonds is 5. The van der Waals surface area contributed by atoms with Crippen LogP contribution in [0, 0.1) is 11.8 Å². The van der Waals surface area contributed by atoms with Gasteiger partial charge in [-0.25, -0.2) is 0 Å². The SMILES string of the molecule is OC(CNCC1CC=CCC1)C1CCOC1. The van der Waals surface area contributed by atoms with E-state index in [1.54, 1.807) is 0 Å². The fourth-order valence-corrected chi connectivity index (χ4v) is 2.50. The van der Waals surface area contributed by atoms with E-state index in [0.717, 1.165) is 32.1 Å². The summed E-state index contributed by atoms with van der Waals surface area (Å²) in [5.74, 6) is 1.11. The molecule has 2 rings (SSSR count). The molecule has 0 aromatic carbocycles. The molecule has 0 saturated carbocycles. The number of nitrogens with one attached hydrogen (secondary N) is 1. The van der Waals surface area contributed by atoms with Gasteiger partial charge in [-0.15, -0.1) is 0 Å². The summed E-state index contributed by atoms with van der Waals surface area (Å²) < 4.78 is 5.28. The fourth-order valence-electron chi connectivity index (χ4n) is 2.50. The molecule has 3 nitrogen and oxygen atoms in total. The Morgan fingerprint density at radius 2 is 2.31 bits per heavy atom. The lowest BCUT2D eigenvalue weighted by atomic mass is 9.94. The first-order valence-corrected chi connectivity index (χ1v) is 6.48. The topological polar surface area (TPSA) is 41.5 Å². The summed E-state index contributed by atoms with van der Waals surface area (Å²) in [6.45, 7) is 3.30. The summed E-state index contributed by atoms with van der Waals surface area (Å²) in [6.07, 6.45) is 9.00. The van der Waals surface area contributed by atoms with Gasteiger partial charge in [-0.2, -0.15) is 0 Å². The zero-order chi connectivity index (χ0) is 11.2. The standard InChI is InChI=1S/C13H23NO2/c15-13(12-6-7-16-10-12)9-14-8-11-4-2-1-3-5-11/h1-2,11-15H,3-10H2. The highest BCUT2D eigenvalue weighted by Gasteiger charge is 2.23. The highest BCUT2D eigenvalue weighted by molar-refractivity contribution is 4.90. The summed E-state index contributed by atoms with van der Waals surface area (Å²) in [5.41, 5.74) is 0. The Morgan fingerprint density at radius 3 is 3.00 bits per heavy atom. The number of hydrogen-bond acceptors (Lipinski definition) is 3.